The quantitative estimate of drug-likeness (QED) is 0.849. The molecule has 1 N–H and O–H groups in total. The summed E-state index contributed by atoms with van der Waals surface area (Å²) in [7, 11) is 1.34. The molecule has 0 saturated heterocycles. The van der Waals surface area contributed by atoms with Crippen LogP contribution >= 0.6 is 0 Å². The summed E-state index contributed by atoms with van der Waals surface area (Å²) in [5, 5.41) is 2.67. The molecule has 0 unspecified atom stereocenters. The van der Waals surface area contributed by atoms with Gasteiger partial charge in [-0.05, 0) is 24.3 Å². The van der Waals surface area contributed by atoms with Crippen LogP contribution < -0.4 is 5.32 Å². The van der Waals surface area contributed by atoms with Gasteiger partial charge in [0, 0.05) is 0 Å². The lowest BCUT2D eigenvalue weighted by molar-refractivity contribution is -0.144. The number of hydrogen-bond acceptors (Lipinski definition) is 4. The van der Waals surface area contributed by atoms with Crippen LogP contribution in [0.25, 0.3) is 0 Å². The monoisotopic (exact) mass is 305 g/mol. The van der Waals surface area contributed by atoms with E-state index in [1.807, 2.05) is 30.3 Å². The van der Waals surface area contributed by atoms with Gasteiger partial charge in [0.1, 0.15) is 12.6 Å². The van der Waals surface area contributed by atoms with E-state index in [-0.39, 0.29) is 12.5 Å². The number of esters is 1. The maximum absolute atomic E-state index is 11.9. The molecule has 0 aliphatic heterocycles. The zero-order valence-corrected chi connectivity index (χ0v) is 12.9. The van der Waals surface area contributed by atoms with Crippen LogP contribution in [0.5, 0.6) is 0 Å². The number of ether oxygens (including phenoxy) is 2. The number of nitrogens with one attached hydrogen (secondary N) is 1. The predicted molar refractivity (Wildman–Crippen MR) is 82.1 cm³/mol. The first kappa shape index (κ1) is 16.3. The van der Waals surface area contributed by atoms with Gasteiger partial charge in [0.15, 0.2) is 0 Å². The topological polar surface area (TPSA) is 64.6 Å². The molecule has 1 aliphatic rings. The van der Waals surface area contributed by atoms with Crippen LogP contribution in [-0.2, 0) is 20.9 Å². The maximum atomic E-state index is 11.9. The van der Waals surface area contributed by atoms with Gasteiger partial charge in [-0.1, -0.05) is 49.6 Å². The highest BCUT2D eigenvalue weighted by atomic mass is 16.6. The van der Waals surface area contributed by atoms with Crippen LogP contribution in [0, 0.1) is 5.92 Å². The fraction of sp³-hybridized carbons (Fsp3) is 0.529. The average Bonchev–Trinajstić information content (AvgIpc) is 2.59. The predicted octanol–water partition coefficient (Wildman–Crippen LogP) is 3.03. The number of alkyl carbamates (subject to hydrolysis) is 1. The van der Waals surface area contributed by atoms with Gasteiger partial charge in [-0.3, -0.25) is 0 Å². The van der Waals surface area contributed by atoms with Gasteiger partial charge in [0.25, 0.3) is 0 Å². The minimum absolute atomic E-state index is 0.130. The summed E-state index contributed by atoms with van der Waals surface area (Å²) >= 11 is 0. The third-order valence-corrected chi connectivity index (χ3v) is 4.06. The molecule has 5 nitrogen and oxygen atoms in total. The fourth-order valence-electron chi connectivity index (χ4n) is 2.86. The van der Waals surface area contributed by atoms with E-state index < -0.39 is 18.1 Å². The van der Waals surface area contributed by atoms with Crippen molar-refractivity contribution in [1.29, 1.82) is 0 Å². The molecule has 1 fully saturated rings. The molecule has 22 heavy (non-hydrogen) atoms. The van der Waals surface area contributed by atoms with Crippen LogP contribution in [0.15, 0.2) is 30.3 Å². The molecule has 1 atom stereocenters. The van der Waals surface area contributed by atoms with Gasteiger partial charge in [-0.2, -0.15) is 0 Å². The first-order valence-corrected chi connectivity index (χ1v) is 7.75. The molecule has 2 rings (SSSR count). The Balaban J connectivity index is 1.88. The Kier molecular flexibility index (Phi) is 6.25. The van der Waals surface area contributed by atoms with Crippen LogP contribution in [-0.4, -0.2) is 25.2 Å². The van der Waals surface area contributed by atoms with Gasteiger partial charge >= 0.3 is 12.1 Å². The standard InChI is InChI=1S/C17H23NO4/c1-21-16(19)15(14-10-6-3-7-11-14)18-17(20)22-12-13-8-4-2-5-9-13/h2,4-5,8-9,14-15H,3,6-7,10-12H2,1H3,(H,18,20)/t15-/m0/s1. The summed E-state index contributed by atoms with van der Waals surface area (Å²) in [4.78, 5) is 23.9. The van der Waals surface area contributed by atoms with E-state index in [0.717, 1.165) is 31.2 Å². The molecular weight excluding hydrogens is 282 g/mol. The Bertz CT molecular complexity index is 483. The van der Waals surface area contributed by atoms with E-state index >= 15 is 0 Å². The minimum Gasteiger partial charge on any atom is -0.467 e. The number of carbonyl (C=O) groups is 2. The van der Waals surface area contributed by atoms with E-state index in [2.05, 4.69) is 5.32 Å². The highest BCUT2D eigenvalue weighted by Gasteiger charge is 2.32. The lowest BCUT2D eigenvalue weighted by atomic mass is 9.84. The first-order chi connectivity index (χ1) is 10.7. The number of carbonyl (C=O) groups excluding carboxylic acids is 2. The maximum Gasteiger partial charge on any atom is 0.408 e. The van der Waals surface area contributed by atoms with Gasteiger partial charge < -0.3 is 14.8 Å². The normalized spacial score (nSPS) is 16.6. The van der Waals surface area contributed by atoms with Gasteiger partial charge in [0.05, 0.1) is 7.11 Å². The second-order valence-electron chi connectivity index (χ2n) is 5.60. The second kappa shape index (κ2) is 8.41. The molecule has 1 aliphatic carbocycles. The molecular formula is C17H23NO4. The van der Waals surface area contributed by atoms with E-state index in [1.54, 1.807) is 0 Å². The van der Waals surface area contributed by atoms with Crippen molar-refractivity contribution in [2.24, 2.45) is 5.92 Å². The van der Waals surface area contributed by atoms with Crippen molar-refractivity contribution in [3.8, 4) is 0 Å². The Labute approximate surface area is 131 Å². The van der Waals surface area contributed by atoms with E-state index in [1.165, 1.54) is 13.5 Å². The van der Waals surface area contributed by atoms with Crippen molar-refractivity contribution in [3.63, 3.8) is 0 Å². The lowest BCUT2D eigenvalue weighted by Gasteiger charge is -2.28. The van der Waals surface area contributed by atoms with Crippen molar-refractivity contribution < 1.29 is 19.1 Å². The Morgan fingerprint density at radius 2 is 1.86 bits per heavy atom. The highest BCUT2D eigenvalue weighted by Crippen LogP contribution is 2.27. The lowest BCUT2D eigenvalue weighted by Crippen LogP contribution is -2.47. The first-order valence-electron chi connectivity index (χ1n) is 7.75. The Morgan fingerprint density at radius 1 is 1.18 bits per heavy atom. The molecule has 0 radical (unpaired) electrons. The molecule has 0 spiro atoms. The summed E-state index contributed by atoms with van der Waals surface area (Å²) in [5.74, 6) is -0.269. The van der Waals surface area contributed by atoms with E-state index in [0.29, 0.717) is 0 Å². The van der Waals surface area contributed by atoms with E-state index in [4.69, 9.17) is 9.47 Å². The van der Waals surface area contributed by atoms with Crippen LogP contribution in [0.1, 0.15) is 37.7 Å². The van der Waals surface area contributed by atoms with Gasteiger partial charge in [0.2, 0.25) is 0 Å². The molecule has 0 bridgehead atoms. The largest absolute Gasteiger partial charge is 0.467 e. The number of rotatable bonds is 5. The summed E-state index contributed by atoms with van der Waals surface area (Å²) in [5.41, 5.74) is 0.907. The van der Waals surface area contributed by atoms with Crippen molar-refractivity contribution in [2.75, 3.05) is 7.11 Å². The van der Waals surface area contributed by atoms with Crippen LogP contribution in [0.2, 0.25) is 0 Å². The number of methoxy groups -OCH3 is 1. The zero-order chi connectivity index (χ0) is 15.8. The summed E-state index contributed by atoms with van der Waals surface area (Å²) in [6.07, 6.45) is 4.63. The second-order valence-corrected chi connectivity index (χ2v) is 5.60. The van der Waals surface area contributed by atoms with Gasteiger partial charge in [-0.25, -0.2) is 9.59 Å². The number of amides is 1. The van der Waals surface area contributed by atoms with Crippen LogP contribution in [0.4, 0.5) is 4.79 Å². The Hall–Kier alpha value is -2.04. The molecule has 1 saturated carbocycles. The Morgan fingerprint density at radius 3 is 2.50 bits per heavy atom. The van der Waals surface area contributed by atoms with Crippen LogP contribution in [0.3, 0.4) is 0 Å². The average molecular weight is 305 g/mol. The number of hydrogen-bond donors (Lipinski definition) is 1. The van der Waals surface area contributed by atoms with Crippen molar-refractivity contribution in [3.05, 3.63) is 35.9 Å². The molecule has 120 valence electrons. The molecule has 1 aromatic carbocycles. The molecule has 5 heteroatoms. The zero-order valence-electron chi connectivity index (χ0n) is 12.9. The van der Waals surface area contributed by atoms with Gasteiger partial charge in [-0.15, -0.1) is 0 Å². The smallest absolute Gasteiger partial charge is 0.408 e. The molecule has 1 amide bonds. The molecule has 0 heterocycles. The van der Waals surface area contributed by atoms with E-state index in [9.17, 15) is 9.59 Å². The third-order valence-electron chi connectivity index (χ3n) is 4.06. The minimum atomic E-state index is -0.617. The van der Waals surface area contributed by atoms with Crippen molar-refractivity contribution >= 4 is 12.1 Å². The highest BCUT2D eigenvalue weighted by molar-refractivity contribution is 5.81. The summed E-state index contributed by atoms with van der Waals surface area (Å²) < 4.78 is 10.0. The number of benzene rings is 1. The molecule has 1 aromatic rings. The summed E-state index contributed by atoms with van der Waals surface area (Å²) in [6, 6.07) is 8.82. The van der Waals surface area contributed by atoms with Crippen molar-refractivity contribution in [2.45, 2.75) is 44.8 Å². The third kappa shape index (κ3) is 4.76. The SMILES string of the molecule is COC(=O)[C@@H](NC(=O)OCc1ccccc1)C1CCCCC1. The molecule has 0 aromatic heterocycles. The van der Waals surface area contributed by atoms with Crippen molar-refractivity contribution in [1.82, 2.24) is 5.32 Å². The fourth-order valence-corrected chi connectivity index (χ4v) is 2.86. The summed E-state index contributed by atoms with van der Waals surface area (Å²) in [6.45, 7) is 0.186.